The van der Waals surface area contributed by atoms with Gasteiger partial charge in [-0.1, -0.05) is 24.3 Å². The number of carbonyl (C=O) groups is 3. The fraction of sp³-hybridized carbons (Fsp3) is 0.286. The van der Waals surface area contributed by atoms with E-state index < -0.39 is 18.0 Å². The van der Waals surface area contributed by atoms with Gasteiger partial charge in [0.05, 0.1) is 11.3 Å². The van der Waals surface area contributed by atoms with E-state index in [1.54, 1.807) is 24.3 Å². The van der Waals surface area contributed by atoms with Crippen LogP contribution in [0.2, 0.25) is 0 Å². The maximum absolute atomic E-state index is 12.5. The van der Waals surface area contributed by atoms with E-state index in [0.717, 1.165) is 11.1 Å². The zero-order valence-electron chi connectivity index (χ0n) is 15.9. The van der Waals surface area contributed by atoms with Gasteiger partial charge in [-0.25, -0.2) is 4.79 Å². The Morgan fingerprint density at radius 2 is 1.81 bits per heavy atom. The predicted octanol–water partition coefficient (Wildman–Crippen LogP) is 4.17. The Morgan fingerprint density at radius 3 is 2.52 bits per heavy atom. The van der Waals surface area contributed by atoms with Crippen molar-refractivity contribution >= 4 is 35.1 Å². The summed E-state index contributed by atoms with van der Waals surface area (Å²) in [6.45, 7) is 6.86. The molecule has 27 heavy (non-hydrogen) atoms. The van der Waals surface area contributed by atoms with Crippen molar-refractivity contribution in [1.82, 2.24) is 0 Å². The average Bonchev–Trinajstić information content (AvgIpc) is 2.63. The van der Waals surface area contributed by atoms with Crippen molar-refractivity contribution in [3.8, 4) is 0 Å². The molecule has 5 nitrogen and oxygen atoms in total. The fourth-order valence-corrected chi connectivity index (χ4v) is 3.16. The summed E-state index contributed by atoms with van der Waals surface area (Å²) in [6, 6.07) is 12.6. The molecule has 0 fully saturated rings. The summed E-state index contributed by atoms with van der Waals surface area (Å²) in [5, 5.41) is 2.80. The third-order valence-electron chi connectivity index (χ3n) is 3.84. The molecule has 1 amide bonds. The van der Waals surface area contributed by atoms with Gasteiger partial charge >= 0.3 is 5.97 Å². The van der Waals surface area contributed by atoms with Gasteiger partial charge in [-0.2, -0.15) is 0 Å². The molecule has 2 aromatic carbocycles. The Bertz CT molecular complexity index is 863. The number of thioether (sulfide) groups is 1. The summed E-state index contributed by atoms with van der Waals surface area (Å²) in [6.07, 6.45) is -0.955. The number of hydrogen-bond donors (Lipinski definition) is 1. The number of aryl methyl sites for hydroxylation is 2. The van der Waals surface area contributed by atoms with Crippen LogP contribution < -0.4 is 5.32 Å². The van der Waals surface area contributed by atoms with E-state index in [9.17, 15) is 14.4 Å². The largest absolute Gasteiger partial charge is 0.449 e. The number of carbonyl (C=O) groups excluding carboxylic acids is 3. The van der Waals surface area contributed by atoms with Gasteiger partial charge < -0.3 is 10.1 Å². The van der Waals surface area contributed by atoms with Crippen LogP contribution in [0, 0.1) is 13.8 Å². The normalized spacial score (nSPS) is 11.6. The van der Waals surface area contributed by atoms with Gasteiger partial charge in [-0.15, -0.1) is 11.8 Å². The monoisotopic (exact) mass is 385 g/mol. The number of Topliss-reactive ketones (excluding diaryl/α,β-unsaturated/α-hetero) is 1. The van der Waals surface area contributed by atoms with Crippen LogP contribution in [0.3, 0.4) is 0 Å². The first-order valence-electron chi connectivity index (χ1n) is 8.58. The van der Waals surface area contributed by atoms with Crippen molar-refractivity contribution in [3.05, 3.63) is 59.2 Å². The summed E-state index contributed by atoms with van der Waals surface area (Å²) < 4.78 is 5.34. The number of ether oxygens (including phenoxy) is 1. The Morgan fingerprint density at radius 1 is 1.11 bits per heavy atom. The molecule has 0 unspecified atom stereocenters. The lowest BCUT2D eigenvalue weighted by Crippen LogP contribution is -2.30. The van der Waals surface area contributed by atoms with Crippen LogP contribution in [0.1, 0.15) is 35.3 Å². The van der Waals surface area contributed by atoms with Crippen LogP contribution in [0.15, 0.2) is 47.4 Å². The number of nitrogens with one attached hydrogen (secondary N) is 1. The van der Waals surface area contributed by atoms with E-state index in [4.69, 9.17) is 4.74 Å². The Hall–Kier alpha value is -2.60. The van der Waals surface area contributed by atoms with E-state index in [1.165, 1.54) is 25.6 Å². The highest BCUT2D eigenvalue weighted by atomic mass is 32.2. The maximum atomic E-state index is 12.5. The summed E-state index contributed by atoms with van der Waals surface area (Å²) in [5.74, 6) is -0.701. The van der Waals surface area contributed by atoms with Gasteiger partial charge in [-0.05, 0) is 57.0 Å². The van der Waals surface area contributed by atoms with Gasteiger partial charge in [0, 0.05) is 10.6 Å². The van der Waals surface area contributed by atoms with Crippen LogP contribution in [0.5, 0.6) is 0 Å². The lowest BCUT2D eigenvalue weighted by molar-refractivity contribution is -0.123. The number of amides is 1. The minimum atomic E-state index is -0.955. The molecule has 6 heteroatoms. The Kier molecular flexibility index (Phi) is 7.19. The first-order chi connectivity index (χ1) is 12.8. The molecule has 0 aromatic heterocycles. The second-order valence-electron chi connectivity index (χ2n) is 6.34. The highest BCUT2D eigenvalue weighted by Gasteiger charge is 2.21. The highest BCUT2D eigenvalue weighted by molar-refractivity contribution is 8.00. The standard InChI is InChI=1S/C21H23NO4S/c1-13-9-10-14(2)18(11-13)22-20(24)16(4)26-21(25)17-7-5-6-8-19(17)27-12-15(3)23/h5-11,16H,12H2,1-4H3,(H,22,24)/t16-/m0/s1. The van der Waals surface area contributed by atoms with Crippen molar-refractivity contribution in [2.45, 2.75) is 38.7 Å². The maximum Gasteiger partial charge on any atom is 0.340 e. The summed E-state index contributed by atoms with van der Waals surface area (Å²) in [7, 11) is 0. The SMILES string of the molecule is CC(=O)CSc1ccccc1C(=O)O[C@@H](C)C(=O)Nc1cc(C)ccc1C. The number of rotatable bonds is 7. The van der Waals surface area contributed by atoms with Crippen LogP contribution in [-0.2, 0) is 14.3 Å². The third kappa shape index (κ3) is 5.96. The molecule has 1 N–H and O–H groups in total. The molecule has 0 radical (unpaired) electrons. The van der Waals surface area contributed by atoms with E-state index in [2.05, 4.69) is 5.32 Å². The summed E-state index contributed by atoms with van der Waals surface area (Å²) in [5.41, 5.74) is 2.99. The van der Waals surface area contributed by atoms with E-state index >= 15 is 0 Å². The van der Waals surface area contributed by atoms with Gasteiger partial charge in [-0.3, -0.25) is 9.59 Å². The first-order valence-corrected chi connectivity index (χ1v) is 9.57. The summed E-state index contributed by atoms with van der Waals surface area (Å²) in [4.78, 5) is 36.8. The van der Waals surface area contributed by atoms with Gasteiger partial charge in [0.25, 0.3) is 5.91 Å². The second-order valence-corrected chi connectivity index (χ2v) is 7.36. The van der Waals surface area contributed by atoms with Crippen molar-refractivity contribution in [2.75, 3.05) is 11.1 Å². The average molecular weight is 385 g/mol. The fourth-order valence-electron chi connectivity index (χ4n) is 2.32. The molecule has 0 aliphatic carbocycles. The van der Waals surface area contributed by atoms with Gasteiger partial charge in [0.2, 0.25) is 0 Å². The molecule has 0 aliphatic heterocycles. The Balaban J connectivity index is 2.05. The van der Waals surface area contributed by atoms with Crippen LogP contribution in [0.25, 0.3) is 0 Å². The summed E-state index contributed by atoms with van der Waals surface area (Å²) >= 11 is 1.27. The molecule has 142 valence electrons. The lowest BCUT2D eigenvalue weighted by Gasteiger charge is -2.16. The van der Waals surface area contributed by atoms with Crippen molar-refractivity contribution in [2.24, 2.45) is 0 Å². The minimum absolute atomic E-state index is 0.0180. The van der Waals surface area contributed by atoms with E-state index in [1.807, 2.05) is 32.0 Å². The van der Waals surface area contributed by atoms with E-state index in [-0.39, 0.29) is 11.5 Å². The Labute approximate surface area is 163 Å². The molecule has 0 saturated heterocycles. The molecular weight excluding hydrogens is 362 g/mol. The molecule has 2 aromatic rings. The quantitative estimate of drug-likeness (QED) is 0.572. The number of hydrogen-bond acceptors (Lipinski definition) is 5. The third-order valence-corrected chi connectivity index (χ3v) is 5.06. The molecule has 0 bridgehead atoms. The zero-order valence-corrected chi connectivity index (χ0v) is 16.7. The lowest BCUT2D eigenvalue weighted by atomic mass is 10.1. The molecule has 2 rings (SSSR count). The van der Waals surface area contributed by atoms with Gasteiger partial charge in [0.15, 0.2) is 6.10 Å². The van der Waals surface area contributed by atoms with Crippen LogP contribution >= 0.6 is 11.8 Å². The molecule has 0 heterocycles. The van der Waals surface area contributed by atoms with E-state index in [0.29, 0.717) is 16.1 Å². The highest BCUT2D eigenvalue weighted by Crippen LogP contribution is 2.24. The van der Waals surface area contributed by atoms with Crippen molar-refractivity contribution in [1.29, 1.82) is 0 Å². The zero-order chi connectivity index (χ0) is 20.0. The first kappa shape index (κ1) is 20.7. The topological polar surface area (TPSA) is 72.5 Å². The molecular formula is C21H23NO4S. The van der Waals surface area contributed by atoms with Crippen molar-refractivity contribution < 1.29 is 19.1 Å². The molecule has 0 aliphatic rings. The number of benzene rings is 2. The predicted molar refractivity (Wildman–Crippen MR) is 107 cm³/mol. The second kappa shape index (κ2) is 9.37. The van der Waals surface area contributed by atoms with Crippen LogP contribution in [-0.4, -0.2) is 29.5 Å². The molecule has 1 atom stereocenters. The number of esters is 1. The molecule has 0 saturated carbocycles. The molecule has 0 spiro atoms. The number of anilines is 1. The minimum Gasteiger partial charge on any atom is -0.449 e. The van der Waals surface area contributed by atoms with Gasteiger partial charge in [0.1, 0.15) is 5.78 Å². The van der Waals surface area contributed by atoms with Crippen LogP contribution in [0.4, 0.5) is 5.69 Å². The van der Waals surface area contributed by atoms with Crippen molar-refractivity contribution in [3.63, 3.8) is 0 Å². The number of ketones is 1. The smallest absolute Gasteiger partial charge is 0.340 e.